The number of ether oxygens (including phenoxy) is 1. The molecule has 1 heterocycles. The number of amides is 1. The van der Waals surface area contributed by atoms with Crippen molar-refractivity contribution in [3.63, 3.8) is 0 Å². The molecular weight excluding hydrogens is 430 g/mol. The lowest BCUT2D eigenvalue weighted by Crippen LogP contribution is -2.42. The van der Waals surface area contributed by atoms with Gasteiger partial charge in [-0.15, -0.1) is 0 Å². The molecule has 182 valence electrons. The first-order valence-corrected chi connectivity index (χ1v) is 12.5. The number of carbonyl (C=O) groups is 1. The first-order valence-electron chi connectivity index (χ1n) is 12.5. The lowest BCUT2D eigenvalue weighted by Gasteiger charge is -2.36. The number of nitrogens with one attached hydrogen (secondary N) is 1. The predicted molar refractivity (Wildman–Crippen MR) is 133 cm³/mol. The molecule has 34 heavy (non-hydrogen) atoms. The van der Waals surface area contributed by atoms with Crippen molar-refractivity contribution in [3.05, 3.63) is 64.2 Å². The van der Waals surface area contributed by atoms with Crippen LogP contribution in [0.2, 0.25) is 0 Å². The van der Waals surface area contributed by atoms with Gasteiger partial charge in [0.2, 0.25) is 5.91 Å². The first-order chi connectivity index (χ1) is 16.5. The number of anilines is 1. The van der Waals surface area contributed by atoms with Crippen molar-refractivity contribution >= 4 is 17.3 Å². The van der Waals surface area contributed by atoms with Gasteiger partial charge in [0.15, 0.2) is 0 Å². The van der Waals surface area contributed by atoms with Crippen LogP contribution in [0.15, 0.2) is 48.5 Å². The van der Waals surface area contributed by atoms with Crippen LogP contribution in [0.1, 0.15) is 57.4 Å². The second-order valence-corrected chi connectivity index (χ2v) is 9.80. The van der Waals surface area contributed by atoms with Gasteiger partial charge < -0.3 is 10.1 Å². The van der Waals surface area contributed by atoms with Gasteiger partial charge in [-0.05, 0) is 74.5 Å². The largest absolute Gasteiger partial charge is 0.492 e. The lowest BCUT2D eigenvalue weighted by atomic mass is 9.68. The van der Waals surface area contributed by atoms with E-state index in [1.165, 1.54) is 25.0 Å². The predicted octanol–water partition coefficient (Wildman–Crippen LogP) is 5.55. The van der Waals surface area contributed by atoms with Crippen molar-refractivity contribution in [1.29, 1.82) is 0 Å². The molecule has 0 spiro atoms. The Kier molecular flexibility index (Phi) is 7.83. The Balaban J connectivity index is 1.36. The number of nitro groups is 1. The molecule has 1 saturated heterocycles. The van der Waals surface area contributed by atoms with Crippen LogP contribution in [-0.4, -0.2) is 42.0 Å². The molecule has 2 aliphatic rings. The van der Waals surface area contributed by atoms with E-state index in [9.17, 15) is 14.9 Å². The third-order valence-corrected chi connectivity index (χ3v) is 7.44. The number of carbonyl (C=O) groups excluding carboxylic acids is 1. The smallest absolute Gasteiger partial charge is 0.269 e. The third-order valence-electron chi connectivity index (χ3n) is 7.44. The Hall–Kier alpha value is -2.93. The van der Waals surface area contributed by atoms with E-state index < -0.39 is 10.3 Å². The van der Waals surface area contributed by atoms with Crippen LogP contribution in [0.5, 0.6) is 5.75 Å². The van der Waals surface area contributed by atoms with Gasteiger partial charge in [0, 0.05) is 24.4 Å². The van der Waals surface area contributed by atoms with E-state index in [2.05, 4.69) is 17.1 Å². The highest BCUT2D eigenvalue weighted by Gasteiger charge is 2.41. The molecule has 1 aliphatic heterocycles. The standard InChI is InChI=1S/C27H35N3O4/c1-21-13-17-29(18-14-21)19-20-34-25-11-7-23(8-12-25)28-26(31)27(15-3-2-4-16-27)22-5-9-24(10-6-22)30(32)33/h5-12,21H,2-4,13-20H2,1H3,(H,28,31). The van der Waals surface area contributed by atoms with Crippen molar-refractivity contribution in [2.24, 2.45) is 5.92 Å². The third kappa shape index (κ3) is 5.76. The Morgan fingerprint density at radius 1 is 1.06 bits per heavy atom. The van der Waals surface area contributed by atoms with Gasteiger partial charge >= 0.3 is 0 Å². The average Bonchev–Trinajstić information content (AvgIpc) is 2.87. The number of hydrogen-bond donors (Lipinski definition) is 1. The second kappa shape index (κ2) is 11.0. The zero-order chi connectivity index (χ0) is 24.0. The van der Waals surface area contributed by atoms with Crippen LogP contribution in [0.3, 0.4) is 0 Å². The van der Waals surface area contributed by atoms with Crippen molar-refractivity contribution in [2.45, 2.75) is 57.3 Å². The highest BCUT2D eigenvalue weighted by atomic mass is 16.6. The van der Waals surface area contributed by atoms with Crippen LogP contribution < -0.4 is 10.1 Å². The van der Waals surface area contributed by atoms with Crippen molar-refractivity contribution in [3.8, 4) is 5.75 Å². The summed E-state index contributed by atoms with van der Waals surface area (Å²) in [6.45, 7) is 6.19. The summed E-state index contributed by atoms with van der Waals surface area (Å²) in [4.78, 5) is 26.6. The van der Waals surface area contributed by atoms with Crippen LogP contribution in [-0.2, 0) is 10.2 Å². The minimum absolute atomic E-state index is 0.0422. The van der Waals surface area contributed by atoms with Crippen LogP contribution in [0, 0.1) is 16.0 Å². The fraction of sp³-hybridized carbons (Fsp3) is 0.519. The van der Waals surface area contributed by atoms with Crippen LogP contribution in [0.25, 0.3) is 0 Å². The fourth-order valence-electron chi connectivity index (χ4n) is 5.17. The van der Waals surface area contributed by atoms with Gasteiger partial charge in [-0.3, -0.25) is 19.8 Å². The molecule has 0 aromatic heterocycles. The van der Waals surface area contributed by atoms with E-state index in [4.69, 9.17) is 4.74 Å². The summed E-state index contributed by atoms with van der Waals surface area (Å²) >= 11 is 0. The summed E-state index contributed by atoms with van der Waals surface area (Å²) in [7, 11) is 0. The summed E-state index contributed by atoms with van der Waals surface area (Å²) in [5.41, 5.74) is 0.964. The van der Waals surface area contributed by atoms with E-state index in [0.29, 0.717) is 6.61 Å². The number of hydrogen-bond acceptors (Lipinski definition) is 5. The van der Waals surface area contributed by atoms with Crippen LogP contribution in [0.4, 0.5) is 11.4 Å². The van der Waals surface area contributed by atoms with Gasteiger partial charge in [-0.25, -0.2) is 0 Å². The molecule has 2 fully saturated rings. The number of benzene rings is 2. The van der Waals surface area contributed by atoms with E-state index in [1.54, 1.807) is 12.1 Å². The summed E-state index contributed by atoms with van der Waals surface area (Å²) in [5, 5.41) is 14.1. The molecule has 1 amide bonds. The van der Waals surface area contributed by atoms with E-state index in [-0.39, 0.29) is 11.6 Å². The molecule has 0 atom stereocenters. The Morgan fingerprint density at radius 3 is 2.32 bits per heavy atom. The highest BCUT2D eigenvalue weighted by Crippen LogP contribution is 2.41. The van der Waals surface area contributed by atoms with Crippen LogP contribution >= 0.6 is 0 Å². The quantitative estimate of drug-likeness (QED) is 0.408. The average molecular weight is 466 g/mol. The minimum atomic E-state index is -0.658. The van der Waals surface area contributed by atoms with Gasteiger partial charge in [0.25, 0.3) is 5.69 Å². The molecule has 2 aromatic rings. The maximum absolute atomic E-state index is 13.5. The van der Waals surface area contributed by atoms with Gasteiger partial charge in [-0.2, -0.15) is 0 Å². The minimum Gasteiger partial charge on any atom is -0.492 e. The van der Waals surface area contributed by atoms with E-state index in [0.717, 1.165) is 74.7 Å². The Bertz CT molecular complexity index is 960. The zero-order valence-corrected chi connectivity index (χ0v) is 20.0. The molecule has 0 bridgehead atoms. The number of nitrogens with zero attached hydrogens (tertiary/aromatic N) is 2. The molecule has 1 saturated carbocycles. The normalized spacial score (nSPS) is 18.9. The molecule has 1 aliphatic carbocycles. The van der Waals surface area contributed by atoms with Gasteiger partial charge in [0.05, 0.1) is 10.3 Å². The molecule has 0 radical (unpaired) electrons. The lowest BCUT2D eigenvalue weighted by molar-refractivity contribution is -0.384. The first kappa shape index (κ1) is 24.2. The number of piperidine rings is 1. The van der Waals surface area contributed by atoms with Crippen molar-refractivity contribution < 1.29 is 14.5 Å². The van der Waals surface area contributed by atoms with Gasteiger partial charge in [-0.1, -0.05) is 38.3 Å². The highest BCUT2D eigenvalue weighted by molar-refractivity contribution is 5.99. The summed E-state index contributed by atoms with van der Waals surface area (Å²) in [6, 6.07) is 14.0. The second-order valence-electron chi connectivity index (χ2n) is 9.80. The van der Waals surface area contributed by atoms with Crippen molar-refractivity contribution in [1.82, 2.24) is 4.90 Å². The zero-order valence-electron chi connectivity index (χ0n) is 20.0. The van der Waals surface area contributed by atoms with E-state index >= 15 is 0 Å². The Morgan fingerprint density at radius 2 is 1.71 bits per heavy atom. The van der Waals surface area contributed by atoms with E-state index in [1.807, 2.05) is 24.3 Å². The molecule has 0 unspecified atom stereocenters. The van der Waals surface area contributed by atoms with Gasteiger partial charge in [0.1, 0.15) is 12.4 Å². The number of likely N-dealkylation sites (tertiary alicyclic amines) is 1. The molecule has 4 rings (SSSR count). The monoisotopic (exact) mass is 465 g/mol. The molecule has 7 nitrogen and oxygen atoms in total. The maximum Gasteiger partial charge on any atom is 0.269 e. The molecular formula is C27H35N3O4. The maximum atomic E-state index is 13.5. The summed E-state index contributed by atoms with van der Waals surface area (Å²) in [5.74, 6) is 1.58. The number of nitro benzene ring substituents is 1. The topological polar surface area (TPSA) is 84.7 Å². The fourth-order valence-corrected chi connectivity index (χ4v) is 5.17. The summed E-state index contributed by atoms with van der Waals surface area (Å²) in [6.07, 6.45) is 7.04. The SMILES string of the molecule is CC1CCN(CCOc2ccc(NC(=O)C3(c4ccc([N+](=O)[O-])cc4)CCCCC3)cc2)CC1. The summed E-state index contributed by atoms with van der Waals surface area (Å²) < 4.78 is 5.92. The molecule has 2 aromatic carbocycles. The number of non-ortho nitro benzene ring substituents is 1. The molecule has 1 N–H and O–H groups in total. The molecule has 7 heteroatoms. The van der Waals surface area contributed by atoms with Crippen molar-refractivity contribution in [2.75, 3.05) is 31.6 Å². The Labute approximate surface area is 201 Å². The number of rotatable bonds is 8.